The summed E-state index contributed by atoms with van der Waals surface area (Å²) in [6, 6.07) is 9.07. The standard InChI is InChI=1S/C24H16Cl2F4N4OS/c25-16-7-13(8-17(26)19(16)27)23(24(28,29)30)9-18(34-36-23)12-2-3-15-14(6-12)20(21-32-4-1-5-33-21)35-22(15)10-31-11-22/h1-8,20,31H,9-11H2. The molecule has 4 heterocycles. The molecule has 2 atom stereocenters. The Bertz CT molecular complexity index is 1380. The van der Waals surface area contributed by atoms with Gasteiger partial charge in [-0.25, -0.2) is 18.8 Å². The van der Waals surface area contributed by atoms with Crippen molar-refractivity contribution in [2.24, 2.45) is 4.40 Å². The first-order chi connectivity index (χ1) is 17.1. The van der Waals surface area contributed by atoms with Crippen molar-refractivity contribution in [1.82, 2.24) is 15.3 Å². The molecule has 0 aliphatic carbocycles. The molecule has 1 spiro atoms. The minimum absolute atomic E-state index is 0.247. The zero-order valence-corrected chi connectivity index (χ0v) is 20.6. The molecule has 0 saturated carbocycles. The van der Waals surface area contributed by atoms with E-state index in [0.717, 1.165) is 23.3 Å². The van der Waals surface area contributed by atoms with Crippen molar-refractivity contribution in [3.63, 3.8) is 0 Å². The van der Waals surface area contributed by atoms with Gasteiger partial charge in [-0.3, -0.25) is 0 Å². The third-order valence-corrected chi connectivity index (χ3v) is 8.56. The minimum Gasteiger partial charge on any atom is -0.352 e. The summed E-state index contributed by atoms with van der Waals surface area (Å²) in [4.78, 5) is 8.67. The van der Waals surface area contributed by atoms with E-state index in [0.29, 0.717) is 36.4 Å². The van der Waals surface area contributed by atoms with E-state index in [4.69, 9.17) is 27.9 Å². The first kappa shape index (κ1) is 24.1. The summed E-state index contributed by atoms with van der Waals surface area (Å²) in [5.41, 5.74) is 1.74. The van der Waals surface area contributed by atoms with Crippen LogP contribution < -0.4 is 5.32 Å². The monoisotopic (exact) mass is 554 g/mol. The van der Waals surface area contributed by atoms with E-state index in [1.165, 1.54) is 0 Å². The topological polar surface area (TPSA) is 59.4 Å². The van der Waals surface area contributed by atoms with E-state index in [-0.39, 0.29) is 11.3 Å². The van der Waals surface area contributed by atoms with Gasteiger partial charge in [0.15, 0.2) is 16.4 Å². The molecule has 6 rings (SSSR count). The lowest BCUT2D eigenvalue weighted by Crippen LogP contribution is -2.56. The molecule has 36 heavy (non-hydrogen) atoms. The van der Waals surface area contributed by atoms with Gasteiger partial charge in [0.2, 0.25) is 0 Å². The number of nitrogens with zero attached hydrogens (tertiary/aromatic N) is 3. The Labute approximate surface area is 217 Å². The Kier molecular flexibility index (Phi) is 5.62. The zero-order chi connectivity index (χ0) is 25.3. The first-order valence-electron chi connectivity index (χ1n) is 10.9. The van der Waals surface area contributed by atoms with Crippen LogP contribution in [0.5, 0.6) is 0 Å². The van der Waals surface area contributed by atoms with Crippen LogP contribution in [0.2, 0.25) is 10.0 Å². The van der Waals surface area contributed by atoms with Crippen LogP contribution in [-0.2, 0) is 15.1 Å². The summed E-state index contributed by atoms with van der Waals surface area (Å²) in [7, 11) is 0. The maximum atomic E-state index is 14.5. The number of alkyl halides is 3. The van der Waals surface area contributed by atoms with Crippen molar-refractivity contribution in [2.75, 3.05) is 13.1 Å². The van der Waals surface area contributed by atoms with E-state index in [1.807, 2.05) is 6.07 Å². The fraction of sp³-hybridized carbons (Fsp3) is 0.292. The summed E-state index contributed by atoms with van der Waals surface area (Å²) in [5, 5.41) is 2.27. The Morgan fingerprint density at radius 3 is 2.36 bits per heavy atom. The Balaban J connectivity index is 1.40. The van der Waals surface area contributed by atoms with Crippen molar-refractivity contribution in [3.8, 4) is 0 Å². The molecule has 0 amide bonds. The number of aromatic nitrogens is 2. The van der Waals surface area contributed by atoms with Crippen molar-refractivity contribution in [1.29, 1.82) is 0 Å². The van der Waals surface area contributed by atoms with Crippen LogP contribution in [0.4, 0.5) is 17.6 Å². The molecule has 0 bridgehead atoms. The smallest absolute Gasteiger partial charge is 0.352 e. The molecular formula is C24H16Cl2F4N4OS. The third kappa shape index (κ3) is 3.57. The van der Waals surface area contributed by atoms with Gasteiger partial charge < -0.3 is 10.1 Å². The molecule has 1 saturated heterocycles. The van der Waals surface area contributed by atoms with E-state index < -0.39 is 44.9 Å². The fourth-order valence-electron chi connectivity index (χ4n) is 4.84. The molecule has 3 aliphatic heterocycles. The largest absolute Gasteiger partial charge is 0.409 e. The van der Waals surface area contributed by atoms with Crippen LogP contribution in [0.1, 0.15) is 40.6 Å². The summed E-state index contributed by atoms with van der Waals surface area (Å²) in [6.45, 7) is 1.23. The van der Waals surface area contributed by atoms with Crippen LogP contribution in [0.3, 0.4) is 0 Å². The van der Waals surface area contributed by atoms with E-state index in [2.05, 4.69) is 19.7 Å². The number of nitrogens with one attached hydrogen (secondary N) is 1. The lowest BCUT2D eigenvalue weighted by atomic mass is 9.84. The molecular weight excluding hydrogens is 539 g/mol. The number of benzene rings is 2. The third-order valence-electron chi connectivity index (χ3n) is 6.78. The van der Waals surface area contributed by atoms with Gasteiger partial charge in [0, 0.05) is 31.9 Å². The summed E-state index contributed by atoms with van der Waals surface area (Å²) < 4.78 is 65.6. The second-order valence-corrected chi connectivity index (χ2v) is 10.8. The molecule has 186 valence electrons. The minimum atomic E-state index is -4.71. The fourth-order valence-corrected chi connectivity index (χ4v) is 6.29. The van der Waals surface area contributed by atoms with E-state index in [9.17, 15) is 17.6 Å². The summed E-state index contributed by atoms with van der Waals surface area (Å²) in [6.07, 6.45) is -2.51. The molecule has 2 aromatic carbocycles. The normalized spacial score (nSPS) is 24.5. The Morgan fingerprint density at radius 2 is 1.75 bits per heavy atom. The summed E-state index contributed by atoms with van der Waals surface area (Å²) >= 11 is 12.1. The Hall–Kier alpha value is -2.24. The quantitative estimate of drug-likeness (QED) is 0.239. The highest BCUT2D eigenvalue weighted by molar-refractivity contribution is 7.99. The molecule has 1 aromatic heterocycles. The second kappa shape index (κ2) is 8.39. The molecule has 1 N–H and O–H groups in total. The highest BCUT2D eigenvalue weighted by Gasteiger charge is 2.60. The summed E-state index contributed by atoms with van der Waals surface area (Å²) in [5.74, 6) is -0.488. The van der Waals surface area contributed by atoms with Crippen molar-refractivity contribution >= 4 is 40.9 Å². The predicted octanol–water partition coefficient (Wildman–Crippen LogP) is 6.14. The maximum absolute atomic E-state index is 14.5. The number of halogens is 6. The van der Waals surface area contributed by atoms with Crippen LogP contribution >= 0.6 is 35.1 Å². The molecule has 5 nitrogen and oxygen atoms in total. The van der Waals surface area contributed by atoms with Crippen LogP contribution in [0.15, 0.2) is 53.2 Å². The van der Waals surface area contributed by atoms with Crippen LogP contribution in [0.25, 0.3) is 0 Å². The Morgan fingerprint density at radius 1 is 1.06 bits per heavy atom. The molecule has 3 aliphatic rings. The zero-order valence-electron chi connectivity index (χ0n) is 18.2. The number of hydrogen-bond donors (Lipinski definition) is 1. The van der Waals surface area contributed by atoms with Crippen molar-refractivity contribution < 1.29 is 22.3 Å². The van der Waals surface area contributed by atoms with Gasteiger partial charge in [-0.05, 0) is 58.5 Å². The average Bonchev–Trinajstić information content (AvgIpc) is 3.43. The van der Waals surface area contributed by atoms with Gasteiger partial charge in [0.05, 0.1) is 15.8 Å². The molecule has 12 heteroatoms. The molecule has 2 unspecified atom stereocenters. The first-order valence-corrected chi connectivity index (χ1v) is 12.4. The lowest BCUT2D eigenvalue weighted by molar-refractivity contribution is -0.159. The van der Waals surface area contributed by atoms with Gasteiger partial charge >= 0.3 is 6.18 Å². The van der Waals surface area contributed by atoms with Gasteiger partial charge in [0.25, 0.3) is 0 Å². The van der Waals surface area contributed by atoms with E-state index in [1.54, 1.807) is 30.6 Å². The second-order valence-electron chi connectivity index (χ2n) is 8.89. The van der Waals surface area contributed by atoms with Gasteiger partial charge in [-0.1, -0.05) is 35.3 Å². The highest BCUT2D eigenvalue weighted by Crippen LogP contribution is 2.57. The SMILES string of the molecule is Fc1c(Cl)cc(C2(C(F)(F)F)CC(c3ccc4c(c3)C(c3ncccn3)OC43CNC3)=NS2)cc1Cl. The van der Waals surface area contributed by atoms with Gasteiger partial charge in [-0.15, -0.1) is 0 Å². The lowest BCUT2D eigenvalue weighted by Gasteiger charge is -2.39. The number of hydrogen-bond acceptors (Lipinski definition) is 6. The number of rotatable bonds is 3. The van der Waals surface area contributed by atoms with Gasteiger partial charge in [-0.2, -0.15) is 13.2 Å². The van der Waals surface area contributed by atoms with Crippen molar-refractivity contribution in [3.05, 3.63) is 92.7 Å². The van der Waals surface area contributed by atoms with Crippen LogP contribution in [0, 0.1) is 5.82 Å². The average molecular weight is 555 g/mol. The predicted molar refractivity (Wildman–Crippen MR) is 129 cm³/mol. The van der Waals surface area contributed by atoms with Gasteiger partial charge in [0.1, 0.15) is 11.7 Å². The van der Waals surface area contributed by atoms with Crippen LogP contribution in [-0.4, -0.2) is 34.9 Å². The maximum Gasteiger partial charge on any atom is 0.409 e. The molecule has 3 aromatic rings. The van der Waals surface area contributed by atoms with Crippen molar-refractivity contribution in [2.45, 2.75) is 29.0 Å². The highest BCUT2D eigenvalue weighted by atomic mass is 35.5. The molecule has 1 fully saturated rings. The number of fused-ring (bicyclic) bond motifs is 2. The number of ether oxygens (including phenoxy) is 1. The molecule has 0 radical (unpaired) electrons. The van der Waals surface area contributed by atoms with E-state index >= 15 is 0 Å².